The summed E-state index contributed by atoms with van der Waals surface area (Å²) in [4.78, 5) is 0. The van der Waals surface area contributed by atoms with Crippen molar-refractivity contribution in [2.45, 2.75) is 13.0 Å². The van der Waals surface area contributed by atoms with Gasteiger partial charge in [0.15, 0.2) is 0 Å². The van der Waals surface area contributed by atoms with Crippen molar-refractivity contribution >= 4 is 0 Å². The van der Waals surface area contributed by atoms with Gasteiger partial charge in [-0.15, -0.1) is 0 Å². The monoisotopic (exact) mass is 209 g/mol. The normalized spacial score (nSPS) is 9.29. The molecule has 0 saturated heterocycles. The molecule has 1 aromatic carbocycles. The van der Waals surface area contributed by atoms with Crippen molar-refractivity contribution in [1.29, 1.82) is 0 Å². The Morgan fingerprint density at radius 1 is 1.14 bits per heavy atom. The van der Waals surface area contributed by atoms with E-state index in [0.29, 0.717) is 0 Å². The molecule has 1 atom stereocenters. The standard InChI is InChI=1S/C8H11N.CH4O.F2.H2O/c1-7(9)8-5-3-2-4-6-8;2*1-2;/h2-7H,9H2,1H3;2H,1H3;;1H2. The molecule has 5 N–H and O–H groups in total. The smallest absolute Gasteiger partial charge is 0.0319 e. The number of hydrogen-bond acceptors (Lipinski definition) is 2. The van der Waals surface area contributed by atoms with Crippen molar-refractivity contribution in [3.63, 3.8) is 0 Å². The Kier molecular flexibility index (Phi) is 19.3. The van der Waals surface area contributed by atoms with E-state index in [2.05, 4.69) is 0 Å². The number of halogens is 2. The molecule has 84 valence electrons. The average molecular weight is 209 g/mol. The maximum Gasteiger partial charge on any atom is 0.0319 e. The van der Waals surface area contributed by atoms with Crippen LogP contribution < -0.4 is 5.73 Å². The number of benzene rings is 1. The van der Waals surface area contributed by atoms with Crippen LogP contribution in [0, 0.1) is 0 Å². The summed E-state index contributed by atoms with van der Waals surface area (Å²) >= 11 is 0. The van der Waals surface area contributed by atoms with Crippen molar-refractivity contribution in [3.8, 4) is 0 Å². The number of aliphatic hydroxyl groups is 1. The minimum absolute atomic E-state index is 0. The zero-order valence-electron chi connectivity index (χ0n) is 8.24. The molecule has 1 aromatic rings. The lowest BCUT2D eigenvalue weighted by molar-refractivity contribution is 0.108. The number of nitrogens with two attached hydrogens (primary N) is 1. The molecule has 0 amide bonds. The summed E-state index contributed by atoms with van der Waals surface area (Å²) in [6.45, 7) is 1.98. The zero-order chi connectivity index (χ0) is 10.7. The highest BCUT2D eigenvalue weighted by atomic mass is 20.0. The molecule has 1 rings (SSSR count). The van der Waals surface area contributed by atoms with Crippen LogP contribution in [0.5, 0.6) is 0 Å². The van der Waals surface area contributed by atoms with E-state index in [1.807, 2.05) is 37.3 Å². The Morgan fingerprint density at radius 3 is 1.71 bits per heavy atom. The Labute approximate surface area is 82.3 Å². The second-order valence-electron chi connectivity index (χ2n) is 2.20. The summed E-state index contributed by atoms with van der Waals surface area (Å²) < 4.78 is 16.0. The van der Waals surface area contributed by atoms with Crippen LogP contribution in [0.1, 0.15) is 18.5 Å². The lowest BCUT2D eigenvalue weighted by Crippen LogP contribution is -2.03. The van der Waals surface area contributed by atoms with Gasteiger partial charge in [0.25, 0.3) is 0 Å². The molecule has 0 saturated carbocycles. The first-order valence-electron chi connectivity index (χ1n) is 3.70. The second-order valence-corrected chi connectivity index (χ2v) is 2.20. The molecule has 0 spiro atoms. The number of rotatable bonds is 1. The molecule has 3 nitrogen and oxygen atoms in total. The highest BCUT2D eigenvalue weighted by Gasteiger charge is 1.93. The van der Waals surface area contributed by atoms with Crippen LogP contribution in [0.4, 0.5) is 9.15 Å². The Hall–Kier alpha value is -1.04. The highest BCUT2D eigenvalue weighted by molar-refractivity contribution is 5.17. The third-order valence-corrected chi connectivity index (χ3v) is 1.33. The highest BCUT2D eigenvalue weighted by Crippen LogP contribution is 2.06. The molecule has 0 aliphatic rings. The molecule has 0 aliphatic carbocycles. The van der Waals surface area contributed by atoms with Crippen LogP contribution in [0.25, 0.3) is 0 Å². The van der Waals surface area contributed by atoms with Crippen LogP contribution in [-0.4, -0.2) is 17.7 Å². The van der Waals surface area contributed by atoms with Gasteiger partial charge < -0.3 is 16.3 Å². The second kappa shape index (κ2) is 14.5. The fourth-order valence-corrected chi connectivity index (χ4v) is 0.757. The van der Waals surface area contributed by atoms with Crippen molar-refractivity contribution < 1.29 is 19.7 Å². The van der Waals surface area contributed by atoms with Crippen LogP contribution >= 0.6 is 0 Å². The molecule has 14 heavy (non-hydrogen) atoms. The van der Waals surface area contributed by atoms with E-state index < -0.39 is 0 Å². The van der Waals surface area contributed by atoms with Gasteiger partial charge in [0.2, 0.25) is 0 Å². The van der Waals surface area contributed by atoms with Gasteiger partial charge >= 0.3 is 0 Å². The van der Waals surface area contributed by atoms with E-state index in [1.54, 1.807) is 0 Å². The topological polar surface area (TPSA) is 77.8 Å². The molecule has 5 heteroatoms. The minimum Gasteiger partial charge on any atom is -0.412 e. The van der Waals surface area contributed by atoms with E-state index in [0.717, 1.165) is 7.11 Å². The predicted molar refractivity (Wildman–Crippen MR) is 53.0 cm³/mol. The molecule has 0 fully saturated rings. The molecule has 0 aliphatic heterocycles. The van der Waals surface area contributed by atoms with Crippen molar-refractivity contribution in [2.75, 3.05) is 7.11 Å². The first-order chi connectivity index (χ1) is 6.30. The fourth-order valence-electron chi connectivity index (χ4n) is 0.757. The van der Waals surface area contributed by atoms with Gasteiger partial charge in [0.05, 0.1) is 0 Å². The average Bonchev–Trinajstić information content (AvgIpc) is 2.25. The summed E-state index contributed by atoms with van der Waals surface area (Å²) in [7, 11) is 1.00. The Bertz CT molecular complexity index is 183. The van der Waals surface area contributed by atoms with Gasteiger partial charge in [-0.05, 0) is 12.5 Å². The van der Waals surface area contributed by atoms with Crippen molar-refractivity contribution in [3.05, 3.63) is 35.9 Å². The third kappa shape index (κ3) is 9.05. The van der Waals surface area contributed by atoms with Crippen molar-refractivity contribution in [2.24, 2.45) is 5.73 Å². The fraction of sp³-hybridized carbons (Fsp3) is 0.333. The first-order valence-corrected chi connectivity index (χ1v) is 3.70. The molecule has 0 radical (unpaired) electrons. The number of hydrogen-bond donors (Lipinski definition) is 2. The molecular weight excluding hydrogens is 192 g/mol. The Balaban J connectivity index is -0.000000216. The van der Waals surface area contributed by atoms with Gasteiger partial charge in [-0.25, -0.2) is 0 Å². The molecular formula is C9H17F2NO2. The SMILES string of the molecule is CC(N)c1ccccc1.CO.FF.O. The summed E-state index contributed by atoms with van der Waals surface area (Å²) in [5.74, 6) is 0. The van der Waals surface area contributed by atoms with E-state index in [9.17, 15) is 0 Å². The first kappa shape index (κ1) is 18.7. The summed E-state index contributed by atoms with van der Waals surface area (Å²) in [5.41, 5.74) is 6.81. The quantitative estimate of drug-likeness (QED) is 0.731. The largest absolute Gasteiger partial charge is 0.412 e. The van der Waals surface area contributed by atoms with Gasteiger partial charge in [-0.1, -0.05) is 30.3 Å². The predicted octanol–water partition coefficient (Wildman–Crippen LogP) is 1.33. The Morgan fingerprint density at radius 2 is 1.50 bits per heavy atom. The van der Waals surface area contributed by atoms with Crippen LogP contribution in [-0.2, 0) is 0 Å². The van der Waals surface area contributed by atoms with Crippen LogP contribution in [0.3, 0.4) is 0 Å². The van der Waals surface area contributed by atoms with Crippen LogP contribution in [0.2, 0.25) is 0 Å². The number of aliphatic hydroxyl groups excluding tert-OH is 1. The van der Waals surface area contributed by atoms with E-state index >= 15 is 0 Å². The maximum atomic E-state index is 8.00. The molecule has 0 aromatic heterocycles. The zero-order valence-corrected chi connectivity index (χ0v) is 8.24. The van der Waals surface area contributed by atoms with Crippen LogP contribution in [0.15, 0.2) is 30.3 Å². The van der Waals surface area contributed by atoms with E-state index in [1.165, 1.54) is 5.56 Å². The lowest BCUT2D eigenvalue weighted by atomic mass is 10.1. The lowest BCUT2D eigenvalue weighted by Gasteiger charge is -2.02. The van der Waals surface area contributed by atoms with Gasteiger partial charge in [-0.3, -0.25) is 0 Å². The van der Waals surface area contributed by atoms with Gasteiger partial charge in [-0.2, -0.15) is 0 Å². The third-order valence-electron chi connectivity index (χ3n) is 1.33. The maximum absolute atomic E-state index is 8.00. The summed E-state index contributed by atoms with van der Waals surface area (Å²) in [5, 5.41) is 7.00. The molecule has 1 unspecified atom stereocenters. The minimum atomic E-state index is 0. The summed E-state index contributed by atoms with van der Waals surface area (Å²) in [6.07, 6.45) is 0. The van der Waals surface area contributed by atoms with E-state index in [4.69, 9.17) is 20.0 Å². The molecule has 0 heterocycles. The molecule has 0 bridgehead atoms. The van der Waals surface area contributed by atoms with Gasteiger partial charge in [0, 0.05) is 22.3 Å². The summed E-state index contributed by atoms with van der Waals surface area (Å²) in [6, 6.07) is 10.2. The van der Waals surface area contributed by atoms with Gasteiger partial charge in [0.1, 0.15) is 0 Å². The van der Waals surface area contributed by atoms with E-state index in [-0.39, 0.29) is 11.5 Å². The van der Waals surface area contributed by atoms with Crippen molar-refractivity contribution in [1.82, 2.24) is 0 Å².